The summed E-state index contributed by atoms with van der Waals surface area (Å²) in [5.41, 5.74) is 0.696. The Kier molecular flexibility index (Phi) is 7.23. The van der Waals surface area contributed by atoms with E-state index < -0.39 is 11.7 Å². The number of benzene rings is 2. The Hall–Kier alpha value is -1.88. The van der Waals surface area contributed by atoms with Crippen LogP contribution in [0.4, 0.5) is 17.6 Å². The van der Waals surface area contributed by atoms with E-state index in [9.17, 15) is 17.6 Å². The summed E-state index contributed by atoms with van der Waals surface area (Å²) in [6.07, 6.45) is -4.02. The molecule has 2 aromatic rings. The molecule has 1 nitrogen and oxygen atoms in total. The van der Waals surface area contributed by atoms with Gasteiger partial charge in [-0.25, -0.2) is 4.39 Å². The number of halogens is 4. The van der Waals surface area contributed by atoms with Gasteiger partial charge in [-0.3, -0.25) is 0 Å². The van der Waals surface area contributed by atoms with Gasteiger partial charge in [-0.2, -0.15) is 13.2 Å². The summed E-state index contributed by atoms with van der Waals surface area (Å²) >= 11 is 0. The summed E-state index contributed by atoms with van der Waals surface area (Å²) in [5.74, 6) is -0.646. The number of alkyl halides is 3. The molecule has 0 aliphatic heterocycles. The highest BCUT2D eigenvalue weighted by Crippen LogP contribution is 2.32. The van der Waals surface area contributed by atoms with E-state index >= 15 is 0 Å². The Morgan fingerprint density at radius 2 is 1.30 bits per heavy atom. The quantitative estimate of drug-likeness (QED) is 0.747. The molecule has 2 rings (SSSR count). The van der Waals surface area contributed by atoms with Crippen LogP contribution in [0.25, 0.3) is 0 Å². The van der Waals surface area contributed by atoms with Crippen molar-refractivity contribution in [2.24, 2.45) is 0 Å². The maximum Gasteiger partial charge on any atom is 0.416 e. The first-order valence-electron chi connectivity index (χ1n) is 7.45. The van der Waals surface area contributed by atoms with Crippen LogP contribution in [0.2, 0.25) is 0 Å². The van der Waals surface area contributed by atoms with Gasteiger partial charge in [-0.1, -0.05) is 38.1 Å². The predicted molar refractivity (Wildman–Crippen MR) is 82.7 cm³/mol. The summed E-state index contributed by atoms with van der Waals surface area (Å²) in [5, 5.41) is 9.14. The first kappa shape index (κ1) is 19.2. The van der Waals surface area contributed by atoms with Gasteiger partial charge in [0.2, 0.25) is 0 Å². The van der Waals surface area contributed by atoms with Crippen LogP contribution < -0.4 is 0 Å². The Bertz CT molecular complexity index is 573. The average molecular weight is 328 g/mol. The fraction of sp³-hybridized carbons (Fsp3) is 0.333. The molecule has 1 N–H and O–H groups in total. The lowest BCUT2D eigenvalue weighted by Gasteiger charge is -2.18. The molecule has 0 bridgehead atoms. The molecule has 23 heavy (non-hydrogen) atoms. The van der Waals surface area contributed by atoms with Crippen LogP contribution in [0.3, 0.4) is 0 Å². The van der Waals surface area contributed by atoms with Crippen molar-refractivity contribution in [3.8, 4) is 0 Å². The summed E-state index contributed by atoms with van der Waals surface area (Å²) in [6, 6.07) is 10.6. The zero-order valence-corrected chi connectivity index (χ0v) is 13.1. The number of aliphatic hydroxyl groups excluding tert-OH is 1. The summed E-state index contributed by atoms with van der Waals surface area (Å²) in [7, 11) is 0. The molecule has 0 aromatic heterocycles. The first-order valence-corrected chi connectivity index (χ1v) is 7.45. The van der Waals surface area contributed by atoms with E-state index in [0.29, 0.717) is 12.0 Å². The van der Waals surface area contributed by atoms with Crippen LogP contribution in [-0.4, -0.2) is 11.7 Å². The molecule has 5 heteroatoms. The van der Waals surface area contributed by atoms with Crippen molar-refractivity contribution in [3.63, 3.8) is 0 Å². The van der Waals surface area contributed by atoms with Crippen LogP contribution >= 0.6 is 0 Å². The SMILES string of the molecule is CC.OCCC(c1ccc(F)cc1)c1ccc(C(F)(F)F)cc1. The molecule has 0 saturated carbocycles. The van der Waals surface area contributed by atoms with E-state index in [4.69, 9.17) is 5.11 Å². The van der Waals surface area contributed by atoms with E-state index in [1.807, 2.05) is 13.8 Å². The highest BCUT2D eigenvalue weighted by molar-refractivity contribution is 5.35. The van der Waals surface area contributed by atoms with Crippen molar-refractivity contribution >= 4 is 0 Å². The lowest BCUT2D eigenvalue weighted by atomic mass is 9.88. The molecular weight excluding hydrogens is 308 g/mol. The second kappa shape index (κ2) is 8.67. The summed E-state index contributed by atoms with van der Waals surface area (Å²) in [4.78, 5) is 0. The van der Waals surface area contributed by atoms with E-state index in [2.05, 4.69) is 0 Å². The smallest absolute Gasteiger partial charge is 0.396 e. The van der Waals surface area contributed by atoms with Crippen molar-refractivity contribution in [1.82, 2.24) is 0 Å². The normalized spacial score (nSPS) is 12.3. The van der Waals surface area contributed by atoms with Gasteiger partial charge in [0.1, 0.15) is 5.82 Å². The molecular formula is C18H20F4O. The highest BCUT2D eigenvalue weighted by atomic mass is 19.4. The first-order chi connectivity index (χ1) is 10.9. The Morgan fingerprint density at radius 1 is 0.870 bits per heavy atom. The van der Waals surface area contributed by atoms with Gasteiger partial charge in [0.25, 0.3) is 0 Å². The largest absolute Gasteiger partial charge is 0.416 e. The molecule has 0 aliphatic rings. The van der Waals surface area contributed by atoms with Crippen LogP contribution in [-0.2, 0) is 6.18 Å². The minimum absolute atomic E-state index is 0.108. The molecule has 0 fully saturated rings. The third kappa shape index (κ3) is 5.36. The number of hydrogen-bond acceptors (Lipinski definition) is 1. The van der Waals surface area contributed by atoms with Crippen molar-refractivity contribution in [1.29, 1.82) is 0 Å². The summed E-state index contributed by atoms with van der Waals surface area (Å²) in [6.45, 7) is 3.89. The van der Waals surface area contributed by atoms with Gasteiger partial charge in [0, 0.05) is 12.5 Å². The van der Waals surface area contributed by atoms with Crippen LogP contribution in [0.15, 0.2) is 48.5 Å². The van der Waals surface area contributed by atoms with E-state index in [0.717, 1.165) is 17.7 Å². The van der Waals surface area contributed by atoms with Crippen LogP contribution in [0, 0.1) is 5.82 Å². The maximum absolute atomic E-state index is 12.9. The van der Waals surface area contributed by atoms with E-state index in [1.165, 1.54) is 24.3 Å². The third-order valence-electron chi connectivity index (χ3n) is 3.33. The molecule has 0 heterocycles. The van der Waals surface area contributed by atoms with E-state index in [1.54, 1.807) is 12.1 Å². The molecule has 2 aromatic carbocycles. The zero-order chi connectivity index (χ0) is 17.5. The van der Waals surface area contributed by atoms with Gasteiger partial charge < -0.3 is 5.11 Å². The molecule has 0 amide bonds. The van der Waals surface area contributed by atoms with Crippen LogP contribution in [0.1, 0.15) is 42.9 Å². The fourth-order valence-electron chi connectivity index (χ4n) is 2.25. The van der Waals surface area contributed by atoms with E-state index in [-0.39, 0.29) is 18.3 Å². The standard InChI is InChI=1S/C16H14F4O.C2H6/c17-14-7-3-12(4-8-14)15(9-10-21)11-1-5-13(6-2-11)16(18,19)20;1-2/h1-8,15,21H,9-10H2;1-2H3. The Morgan fingerprint density at radius 3 is 1.70 bits per heavy atom. The maximum atomic E-state index is 12.9. The monoisotopic (exact) mass is 328 g/mol. The van der Waals surface area contributed by atoms with Gasteiger partial charge in [-0.05, 0) is 41.8 Å². The number of hydrogen-bond donors (Lipinski definition) is 1. The Labute approximate surface area is 133 Å². The fourth-order valence-corrected chi connectivity index (χ4v) is 2.25. The molecule has 0 radical (unpaired) electrons. The molecule has 1 atom stereocenters. The van der Waals surface area contributed by atoms with Crippen molar-refractivity contribution in [2.45, 2.75) is 32.4 Å². The molecule has 0 aliphatic carbocycles. The number of aliphatic hydroxyl groups is 1. The molecule has 0 saturated heterocycles. The Balaban J connectivity index is 0.00000127. The lowest BCUT2D eigenvalue weighted by Crippen LogP contribution is -2.07. The van der Waals surface area contributed by atoms with Crippen molar-refractivity contribution < 1.29 is 22.7 Å². The third-order valence-corrected chi connectivity index (χ3v) is 3.33. The second-order valence-electron chi connectivity index (χ2n) is 4.74. The van der Waals surface area contributed by atoms with Crippen LogP contribution in [0.5, 0.6) is 0 Å². The minimum Gasteiger partial charge on any atom is -0.396 e. The predicted octanol–water partition coefficient (Wildman–Crippen LogP) is 5.39. The number of rotatable bonds is 4. The summed E-state index contributed by atoms with van der Waals surface area (Å²) < 4.78 is 50.6. The topological polar surface area (TPSA) is 20.2 Å². The van der Waals surface area contributed by atoms with Gasteiger partial charge in [0.15, 0.2) is 0 Å². The zero-order valence-electron chi connectivity index (χ0n) is 13.1. The molecule has 0 spiro atoms. The lowest BCUT2D eigenvalue weighted by molar-refractivity contribution is -0.137. The highest BCUT2D eigenvalue weighted by Gasteiger charge is 2.30. The molecule has 1 unspecified atom stereocenters. The van der Waals surface area contributed by atoms with Crippen molar-refractivity contribution in [2.75, 3.05) is 6.61 Å². The second-order valence-corrected chi connectivity index (χ2v) is 4.74. The van der Waals surface area contributed by atoms with Crippen molar-refractivity contribution in [3.05, 3.63) is 71.0 Å². The van der Waals surface area contributed by atoms with Gasteiger partial charge >= 0.3 is 6.18 Å². The van der Waals surface area contributed by atoms with Gasteiger partial charge in [0.05, 0.1) is 5.56 Å². The minimum atomic E-state index is -4.37. The molecule has 126 valence electrons. The average Bonchev–Trinajstić information content (AvgIpc) is 2.55. The van der Waals surface area contributed by atoms with Gasteiger partial charge in [-0.15, -0.1) is 0 Å².